The standard InChI is InChI=1S/C20H26N4O2/c1-5-16(20(26)21-11-10-13(2)3)24-17-9-7-6-8-15(17)19-22-18(25)12-14(4)23(19)24/h6-9,12-13,16H,5,10-11H2,1-4H3,(H,21,26)/t16-/m1/s1. The van der Waals surface area contributed by atoms with Gasteiger partial charge in [0.25, 0.3) is 5.56 Å². The van der Waals surface area contributed by atoms with E-state index in [0.29, 0.717) is 24.5 Å². The van der Waals surface area contributed by atoms with Gasteiger partial charge in [-0.15, -0.1) is 0 Å². The molecule has 1 amide bonds. The van der Waals surface area contributed by atoms with Crippen molar-refractivity contribution in [1.29, 1.82) is 0 Å². The Kier molecular flexibility index (Phi) is 5.11. The van der Waals surface area contributed by atoms with Crippen LogP contribution in [0.15, 0.2) is 35.1 Å². The van der Waals surface area contributed by atoms with E-state index >= 15 is 0 Å². The molecule has 0 saturated heterocycles. The number of aryl methyl sites for hydroxylation is 1. The molecule has 0 bridgehead atoms. The molecule has 26 heavy (non-hydrogen) atoms. The van der Waals surface area contributed by atoms with Gasteiger partial charge in [-0.3, -0.25) is 14.3 Å². The first-order chi connectivity index (χ1) is 12.4. The Hall–Kier alpha value is -2.63. The Morgan fingerprint density at radius 3 is 2.69 bits per heavy atom. The van der Waals surface area contributed by atoms with Crippen molar-refractivity contribution in [2.45, 2.75) is 46.6 Å². The number of nitrogens with zero attached hydrogens (tertiary/aromatic N) is 3. The monoisotopic (exact) mass is 354 g/mol. The van der Waals surface area contributed by atoms with Gasteiger partial charge in [-0.1, -0.05) is 32.9 Å². The maximum Gasteiger partial charge on any atom is 0.273 e. The van der Waals surface area contributed by atoms with Gasteiger partial charge in [-0.05, 0) is 37.8 Å². The summed E-state index contributed by atoms with van der Waals surface area (Å²) >= 11 is 0. The van der Waals surface area contributed by atoms with E-state index in [1.54, 1.807) is 0 Å². The number of hydrogen-bond donors (Lipinski definition) is 1. The molecule has 0 aliphatic heterocycles. The second-order valence-corrected chi connectivity index (χ2v) is 7.13. The Morgan fingerprint density at radius 2 is 2.00 bits per heavy atom. The molecule has 0 aliphatic rings. The summed E-state index contributed by atoms with van der Waals surface area (Å²) in [6.07, 6.45) is 1.59. The SMILES string of the molecule is CC[C@H](C(=O)NCCC(C)C)n1c2ccccc2c2nc(=O)cc(C)n21. The van der Waals surface area contributed by atoms with E-state index in [9.17, 15) is 9.59 Å². The minimum absolute atomic E-state index is 0.00565. The fourth-order valence-electron chi connectivity index (χ4n) is 3.39. The van der Waals surface area contributed by atoms with Gasteiger partial charge in [-0.25, -0.2) is 4.52 Å². The minimum atomic E-state index is -0.368. The zero-order valence-electron chi connectivity index (χ0n) is 15.8. The van der Waals surface area contributed by atoms with Gasteiger partial charge in [-0.2, -0.15) is 4.98 Å². The molecule has 0 fully saturated rings. The van der Waals surface area contributed by atoms with E-state index < -0.39 is 0 Å². The topological polar surface area (TPSA) is 68.4 Å². The molecule has 3 rings (SSSR count). The Morgan fingerprint density at radius 1 is 1.27 bits per heavy atom. The number of carbonyl (C=O) groups is 1. The summed E-state index contributed by atoms with van der Waals surface area (Å²) < 4.78 is 3.86. The first kappa shape index (κ1) is 18.2. The Bertz CT molecular complexity index is 1000. The smallest absolute Gasteiger partial charge is 0.273 e. The molecule has 138 valence electrons. The normalized spacial score (nSPS) is 12.8. The quantitative estimate of drug-likeness (QED) is 0.740. The van der Waals surface area contributed by atoms with Crippen molar-refractivity contribution in [1.82, 2.24) is 19.5 Å². The van der Waals surface area contributed by atoms with Crippen LogP contribution >= 0.6 is 0 Å². The lowest BCUT2D eigenvalue weighted by Crippen LogP contribution is -2.35. The highest BCUT2D eigenvalue weighted by Gasteiger charge is 2.24. The molecular weight excluding hydrogens is 328 g/mol. The molecule has 6 nitrogen and oxygen atoms in total. The third-order valence-electron chi connectivity index (χ3n) is 4.70. The molecule has 0 aliphatic carbocycles. The first-order valence-corrected chi connectivity index (χ1v) is 9.21. The molecule has 0 unspecified atom stereocenters. The first-order valence-electron chi connectivity index (χ1n) is 9.21. The zero-order chi connectivity index (χ0) is 18.8. The van der Waals surface area contributed by atoms with Crippen LogP contribution in [-0.4, -0.2) is 26.6 Å². The fourth-order valence-corrected chi connectivity index (χ4v) is 3.39. The molecule has 1 aromatic carbocycles. The third-order valence-corrected chi connectivity index (χ3v) is 4.70. The van der Waals surface area contributed by atoms with Crippen molar-refractivity contribution in [3.05, 3.63) is 46.4 Å². The molecule has 2 aromatic heterocycles. The summed E-state index contributed by atoms with van der Waals surface area (Å²) in [4.78, 5) is 29.0. The molecule has 1 atom stereocenters. The highest BCUT2D eigenvalue weighted by atomic mass is 16.2. The number of nitrogens with one attached hydrogen (secondary N) is 1. The number of para-hydroxylation sites is 1. The second-order valence-electron chi connectivity index (χ2n) is 7.13. The predicted octanol–water partition coefficient (Wildman–Crippen LogP) is 3.07. The number of amides is 1. The van der Waals surface area contributed by atoms with Crippen LogP contribution in [0, 0.1) is 12.8 Å². The van der Waals surface area contributed by atoms with Gasteiger partial charge >= 0.3 is 0 Å². The third kappa shape index (κ3) is 3.23. The minimum Gasteiger partial charge on any atom is -0.354 e. The molecule has 3 aromatic rings. The summed E-state index contributed by atoms with van der Waals surface area (Å²) in [5, 5.41) is 3.93. The fraction of sp³-hybridized carbons (Fsp3) is 0.450. The lowest BCUT2D eigenvalue weighted by molar-refractivity contribution is -0.124. The molecule has 0 spiro atoms. The Balaban J connectivity index is 2.15. The zero-order valence-corrected chi connectivity index (χ0v) is 15.8. The van der Waals surface area contributed by atoms with Crippen LogP contribution in [-0.2, 0) is 4.79 Å². The number of aromatic nitrogens is 3. The van der Waals surface area contributed by atoms with Crippen LogP contribution in [0.5, 0.6) is 0 Å². The number of fused-ring (bicyclic) bond motifs is 3. The molecule has 0 radical (unpaired) electrons. The van der Waals surface area contributed by atoms with E-state index in [-0.39, 0.29) is 17.5 Å². The maximum atomic E-state index is 12.9. The van der Waals surface area contributed by atoms with Crippen molar-refractivity contribution < 1.29 is 4.79 Å². The number of hydrogen-bond acceptors (Lipinski definition) is 3. The van der Waals surface area contributed by atoms with E-state index in [1.807, 2.05) is 47.3 Å². The van der Waals surface area contributed by atoms with Crippen LogP contribution in [0.25, 0.3) is 16.6 Å². The molecular formula is C20H26N4O2. The van der Waals surface area contributed by atoms with Gasteiger partial charge in [0.2, 0.25) is 5.91 Å². The summed E-state index contributed by atoms with van der Waals surface area (Å²) in [7, 11) is 0. The number of carbonyl (C=O) groups excluding carboxylic acids is 1. The summed E-state index contributed by atoms with van der Waals surface area (Å²) in [6, 6.07) is 8.91. The van der Waals surface area contributed by atoms with Gasteiger partial charge in [0.15, 0.2) is 5.65 Å². The summed E-state index contributed by atoms with van der Waals surface area (Å²) in [5.74, 6) is 0.536. The van der Waals surface area contributed by atoms with E-state index in [1.165, 1.54) is 6.07 Å². The van der Waals surface area contributed by atoms with Crippen LogP contribution in [0.1, 0.15) is 45.3 Å². The molecule has 1 N–H and O–H groups in total. The van der Waals surface area contributed by atoms with E-state index in [0.717, 1.165) is 23.0 Å². The molecule has 2 heterocycles. The lowest BCUT2D eigenvalue weighted by atomic mass is 10.1. The van der Waals surface area contributed by atoms with E-state index in [2.05, 4.69) is 24.1 Å². The van der Waals surface area contributed by atoms with Crippen molar-refractivity contribution in [2.75, 3.05) is 6.54 Å². The van der Waals surface area contributed by atoms with E-state index in [4.69, 9.17) is 0 Å². The highest BCUT2D eigenvalue weighted by molar-refractivity contribution is 5.94. The van der Waals surface area contributed by atoms with Crippen LogP contribution in [0.3, 0.4) is 0 Å². The van der Waals surface area contributed by atoms with Gasteiger partial charge < -0.3 is 5.32 Å². The van der Waals surface area contributed by atoms with Crippen LogP contribution < -0.4 is 10.9 Å². The van der Waals surface area contributed by atoms with Crippen LogP contribution in [0.2, 0.25) is 0 Å². The average molecular weight is 354 g/mol. The highest BCUT2D eigenvalue weighted by Crippen LogP contribution is 2.26. The number of rotatable bonds is 6. The summed E-state index contributed by atoms with van der Waals surface area (Å²) in [5.41, 5.74) is 2.00. The predicted molar refractivity (Wildman–Crippen MR) is 103 cm³/mol. The Labute approximate surface area is 152 Å². The molecule has 6 heteroatoms. The van der Waals surface area contributed by atoms with Crippen molar-refractivity contribution in [2.24, 2.45) is 5.92 Å². The lowest BCUT2D eigenvalue weighted by Gasteiger charge is -2.20. The summed E-state index contributed by atoms with van der Waals surface area (Å²) in [6.45, 7) is 8.81. The average Bonchev–Trinajstić information content (AvgIpc) is 2.90. The second kappa shape index (κ2) is 7.32. The van der Waals surface area contributed by atoms with Crippen LogP contribution in [0.4, 0.5) is 0 Å². The van der Waals surface area contributed by atoms with Gasteiger partial charge in [0, 0.05) is 23.7 Å². The van der Waals surface area contributed by atoms with Crippen molar-refractivity contribution in [3.8, 4) is 0 Å². The van der Waals surface area contributed by atoms with Gasteiger partial charge in [0.1, 0.15) is 6.04 Å². The number of benzene rings is 1. The maximum absolute atomic E-state index is 12.9. The largest absolute Gasteiger partial charge is 0.354 e. The molecule has 0 saturated carbocycles. The van der Waals surface area contributed by atoms with Gasteiger partial charge in [0.05, 0.1) is 5.52 Å². The van der Waals surface area contributed by atoms with Crippen molar-refractivity contribution in [3.63, 3.8) is 0 Å². The van der Waals surface area contributed by atoms with Crippen molar-refractivity contribution >= 4 is 22.5 Å².